The first-order valence-corrected chi connectivity index (χ1v) is 9.78. The summed E-state index contributed by atoms with van der Waals surface area (Å²) in [6.07, 6.45) is 1.39. The lowest BCUT2D eigenvalue weighted by molar-refractivity contribution is -0.133. The average Bonchev–Trinajstić information content (AvgIpc) is 3.26. The number of benzene rings is 2. The summed E-state index contributed by atoms with van der Waals surface area (Å²) >= 11 is 0. The van der Waals surface area contributed by atoms with Crippen molar-refractivity contribution in [1.29, 1.82) is 0 Å². The molecule has 8 heteroatoms. The van der Waals surface area contributed by atoms with Crippen LogP contribution in [0.1, 0.15) is 25.3 Å². The number of carbonyl (C=O) groups excluding carboxylic acids is 4. The first-order valence-electron chi connectivity index (χ1n) is 9.78. The first-order chi connectivity index (χ1) is 14.4. The molecule has 0 unspecified atom stereocenters. The smallest absolute Gasteiger partial charge is 0.325 e. The highest BCUT2D eigenvalue weighted by Crippen LogP contribution is 2.28. The Morgan fingerprint density at radius 2 is 1.77 bits per heavy atom. The number of imide groups is 1. The molecule has 0 radical (unpaired) electrons. The zero-order valence-corrected chi connectivity index (χ0v) is 16.6. The number of hydrogen-bond acceptors (Lipinski definition) is 4. The Morgan fingerprint density at radius 1 is 1.07 bits per heavy atom. The maximum atomic E-state index is 12.9. The van der Waals surface area contributed by atoms with Crippen LogP contribution in [0.2, 0.25) is 0 Å². The van der Waals surface area contributed by atoms with Crippen molar-refractivity contribution in [2.75, 3.05) is 23.3 Å². The molecule has 0 aliphatic carbocycles. The molecule has 2 fully saturated rings. The molecule has 2 aliphatic heterocycles. The Morgan fingerprint density at radius 3 is 2.40 bits per heavy atom. The van der Waals surface area contributed by atoms with Gasteiger partial charge in [0.2, 0.25) is 11.8 Å². The second-order valence-corrected chi connectivity index (χ2v) is 7.56. The van der Waals surface area contributed by atoms with Gasteiger partial charge in [0.15, 0.2) is 0 Å². The molecule has 2 aliphatic rings. The van der Waals surface area contributed by atoms with Crippen molar-refractivity contribution in [2.24, 2.45) is 0 Å². The molecular weight excluding hydrogens is 384 g/mol. The van der Waals surface area contributed by atoms with Gasteiger partial charge in [0.05, 0.1) is 0 Å². The van der Waals surface area contributed by atoms with Crippen molar-refractivity contribution in [3.63, 3.8) is 0 Å². The lowest BCUT2D eigenvalue weighted by atomic mass is 9.92. The molecule has 0 bridgehead atoms. The van der Waals surface area contributed by atoms with Crippen molar-refractivity contribution in [3.8, 4) is 0 Å². The van der Waals surface area contributed by atoms with E-state index in [1.807, 2.05) is 6.07 Å². The predicted octanol–water partition coefficient (Wildman–Crippen LogP) is 2.22. The van der Waals surface area contributed by atoms with Gasteiger partial charge in [-0.1, -0.05) is 30.3 Å². The van der Waals surface area contributed by atoms with E-state index in [2.05, 4.69) is 10.6 Å². The van der Waals surface area contributed by atoms with E-state index >= 15 is 0 Å². The van der Waals surface area contributed by atoms with E-state index in [1.165, 1.54) is 0 Å². The maximum Gasteiger partial charge on any atom is 0.325 e. The number of hydrogen-bond donors (Lipinski definition) is 2. The van der Waals surface area contributed by atoms with Crippen molar-refractivity contribution in [2.45, 2.75) is 25.3 Å². The highest BCUT2D eigenvalue weighted by atomic mass is 16.2. The minimum absolute atomic E-state index is 0.0896. The van der Waals surface area contributed by atoms with E-state index in [0.29, 0.717) is 24.2 Å². The van der Waals surface area contributed by atoms with Crippen LogP contribution >= 0.6 is 0 Å². The highest BCUT2D eigenvalue weighted by molar-refractivity contribution is 6.10. The molecule has 0 spiro atoms. The zero-order chi connectivity index (χ0) is 21.3. The van der Waals surface area contributed by atoms with Crippen LogP contribution in [0, 0.1) is 0 Å². The van der Waals surface area contributed by atoms with Gasteiger partial charge in [-0.05, 0) is 43.2 Å². The summed E-state index contributed by atoms with van der Waals surface area (Å²) in [5.74, 6) is -0.871. The van der Waals surface area contributed by atoms with Gasteiger partial charge in [-0.3, -0.25) is 19.3 Å². The van der Waals surface area contributed by atoms with Crippen LogP contribution in [0.25, 0.3) is 0 Å². The second kappa shape index (κ2) is 7.62. The van der Waals surface area contributed by atoms with E-state index in [0.717, 1.165) is 17.0 Å². The largest absolute Gasteiger partial charge is 0.325 e. The average molecular weight is 406 g/mol. The van der Waals surface area contributed by atoms with Gasteiger partial charge in [0.25, 0.3) is 5.91 Å². The Hall–Kier alpha value is -3.68. The molecule has 2 saturated heterocycles. The fourth-order valence-electron chi connectivity index (χ4n) is 3.80. The number of carbonyl (C=O) groups is 4. The predicted molar refractivity (Wildman–Crippen MR) is 111 cm³/mol. The van der Waals surface area contributed by atoms with Gasteiger partial charge in [-0.15, -0.1) is 0 Å². The molecule has 2 aromatic carbocycles. The zero-order valence-electron chi connectivity index (χ0n) is 16.6. The quantitative estimate of drug-likeness (QED) is 0.744. The molecule has 0 aromatic heterocycles. The molecule has 30 heavy (non-hydrogen) atoms. The Balaban J connectivity index is 1.41. The summed E-state index contributed by atoms with van der Waals surface area (Å²) in [7, 11) is 0. The molecule has 8 nitrogen and oxygen atoms in total. The molecule has 1 atom stereocenters. The van der Waals surface area contributed by atoms with Gasteiger partial charge in [0.1, 0.15) is 12.1 Å². The number of nitrogens with zero attached hydrogens (tertiary/aromatic N) is 2. The normalized spacial score (nSPS) is 21.2. The number of nitrogens with one attached hydrogen (secondary N) is 2. The van der Waals surface area contributed by atoms with Crippen LogP contribution in [0.5, 0.6) is 0 Å². The van der Waals surface area contributed by atoms with Gasteiger partial charge >= 0.3 is 6.03 Å². The van der Waals surface area contributed by atoms with Crippen LogP contribution in [-0.4, -0.2) is 41.7 Å². The summed E-state index contributed by atoms with van der Waals surface area (Å²) in [6.45, 7) is 1.93. The minimum atomic E-state index is -1.21. The second-order valence-electron chi connectivity index (χ2n) is 7.56. The summed E-state index contributed by atoms with van der Waals surface area (Å²) in [5, 5.41) is 5.37. The van der Waals surface area contributed by atoms with E-state index < -0.39 is 23.4 Å². The SMILES string of the molecule is C[C@]1(c2ccccc2)NC(=O)N(CC(=O)Nc2ccc(N3CCCC3=O)cc2)C1=O. The van der Waals surface area contributed by atoms with Crippen molar-refractivity contribution in [1.82, 2.24) is 10.2 Å². The summed E-state index contributed by atoms with van der Waals surface area (Å²) in [6, 6.07) is 15.2. The lowest BCUT2D eigenvalue weighted by Gasteiger charge is -2.22. The van der Waals surface area contributed by atoms with Crippen LogP contribution in [-0.2, 0) is 19.9 Å². The molecule has 154 valence electrons. The molecule has 4 rings (SSSR count). The van der Waals surface area contributed by atoms with Crippen LogP contribution in [0.3, 0.4) is 0 Å². The van der Waals surface area contributed by atoms with E-state index in [9.17, 15) is 19.2 Å². The van der Waals surface area contributed by atoms with E-state index in [1.54, 1.807) is 60.4 Å². The molecule has 0 saturated carbocycles. The number of amides is 5. The van der Waals surface area contributed by atoms with Crippen molar-refractivity contribution < 1.29 is 19.2 Å². The summed E-state index contributed by atoms with van der Waals surface area (Å²) in [4.78, 5) is 52.1. The number of urea groups is 1. The molecule has 2 aromatic rings. The molecule has 2 N–H and O–H groups in total. The third-order valence-corrected chi connectivity index (χ3v) is 5.46. The fraction of sp³-hybridized carbons (Fsp3) is 0.273. The maximum absolute atomic E-state index is 12.9. The first kappa shape index (κ1) is 19.6. The summed E-state index contributed by atoms with van der Waals surface area (Å²) < 4.78 is 0. The highest BCUT2D eigenvalue weighted by Gasteiger charge is 2.49. The van der Waals surface area contributed by atoms with E-state index in [-0.39, 0.29) is 12.5 Å². The number of rotatable bonds is 5. The standard InChI is InChI=1S/C22H22N4O4/c1-22(15-6-3-2-4-7-15)20(29)26(21(30)24-22)14-18(27)23-16-9-11-17(12-10-16)25-13-5-8-19(25)28/h2-4,6-7,9-12H,5,8,13-14H2,1H3,(H,23,27)(H,24,30)/t22-/m1/s1. The molecule has 2 heterocycles. The van der Waals surface area contributed by atoms with Crippen molar-refractivity contribution in [3.05, 3.63) is 60.2 Å². The Bertz CT molecular complexity index is 1010. The Kier molecular flexibility index (Phi) is 4.99. The molecular formula is C22H22N4O4. The fourth-order valence-corrected chi connectivity index (χ4v) is 3.80. The monoisotopic (exact) mass is 406 g/mol. The van der Waals surface area contributed by atoms with Gasteiger partial charge in [0, 0.05) is 24.3 Å². The van der Waals surface area contributed by atoms with Crippen LogP contribution in [0.4, 0.5) is 16.2 Å². The third-order valence-electron chi connectivity index (χ3n) is 5.46. The van der Waals surface area contributed by atoms with Crippen LogP contribution < -0.4 is 15.5 Å². The topological polar surface area (TPSA) is 98.8 Å². The number of anilines is 2. The third kappa shape index (κ3) is 3.52. The van der Waals surface area contributed by atoms with Crippen molar-refractivity contribution >= 4 is 35.1 Å². The minimum Gasteiger partial charge on any atom is -0.325 e. The van der Waals surface area contributed by atoms with E-state index in [4.69, 9.17) is 0 Å². The van der Waals surface area contributed by atoms with Gasteiger partial charge in [-0.25, -0.2) is 4.79 Å². The van der Waals surface area contributed by atoms with Gasteiger partial charge < -0.3 is 15.5 Å². The summed E-state index contributed by atoms with van der Waals surface area (Å²) in [5.41, 5.74) is 0.748. The Labute approximate surface area is 173 Å². The lowest BCUT2D eigenvalue weighted by Crippen LogP contribution is -2.42. The molecule has 5 amide bonds. The van der Waals surface area contributed by atoms with Crippen LogP contribution in [0.15, 0.2) is 54.6 Å². The van der Waals surface area contributed by atoms with Gasteiger partial charge in [-0.2, -0.15) is 0 Å².